The van der Waals surface area contributed by atoms with Crippen LogP contribution in [0, 0.1) is 6.92 Å². The molecule has 0 radical (unpaired) electrons. The Kier molecular flexibility index (Phi) is 3.81. The molecule has 0 unspecified atom stereocenters. The first-order valence-corrected chi connectivity index (χ1v) is 5.50. The highest BCUT2D eigenvalue weighted by Crippen LogP contribution is 2.16. The molecule has 3 N–H and O–H groups in total. The van der Waals surface area contributed by atoms with Gasteiger partial charge in [0, 0.05) is 18.9 Å². The average molecular weight is 245 g/mol. The van der Waals surface area contributed by atoms with Crippen molar-refractivity contribution in [2.24, 2.45) is 5.84 Å². The van der Waals surface area contributed by atoms with Crippen LogP contribution in [0.2, 0.25) is 0 Å². The summed E-state index contributed by atoms with van der Waals surface area (Å²) in [6.45, 7) is 2.32. The molecule has 2 heterocycles. The summed E-state index contributed by atoms with van der Waals surface area (Å²) in [6.07, 6.45) is 0. The molecular formula is C12H15N5O. The van der Waals surface area contributed by atoms with Gasteiger partial charge in [0.2, 0.25) is 0 Å². The molecule has 0 atom stereocenters. The second-order valence-electron chi connectivity index (χ2n) is 3.81. The summed E-state index contributed by atoms with van der Waals surface area (Å²) in [6, 6.07) is 7.44. The minimum Gasteiger partial charge on any atom is -0.378 e. The molecule has 0 bridgehead atoms. The lowest BCUT2D eigenvalue weighted by Crippen LogP contribution is -2.11. The fraction of sp³-hybridized carbons (Fsp3) is 0.250. The van der Waals surface area contributed by atoms with Crippen molar-refractivity contribution in [1.29, 1.82) is 0 Å². The summed E-state index contributed by atoms with van der Waals surface area (Å²) in [5.41, 5.74) is 4.89. The maximum absolute atomic E-state index is 5.39. The first-order valence-electron chi connectivity index (χ1n) is 5.50. The predicted octanol–water partition coefficient (Wildman–Crippen LogP) is 1.28. The number of aromatic nitrogens is 3. The third-order valence-electron chi connectivity index (χ3n) is 2.34. The summed E-state index contributed by atoms with van der Waals surface area (Å²) in [5.74, 6) is 6.46. The van der Waals surface area contributed by atoms with Gasteiger partial charge in [-0.15, -0.1) is 0 Å². The number of nitrogens with two attached hydrogens (primary N) is 1. The number of hydrazine groups is 1. The van der Waals surface area contributed by atoms with Crippen LogP contribution in [-0.4, -0.2) is 22.1 Å². The van der Waals surface area contributed by atoms with Gasteiger partial charge in [0.05, 0.1) is 12.3 Å². The molecule has 0 spiro atoms. The van der Waals surface area contributed by atoms with Gasteiger partial charge in [0.15, 0.2) is 5.82 Å². The van der Waals surface area contributed by atoms with Crippen LogP contribution in [0.3, 0.4) is 0 Å². The van der Waals surface area contributed by atoms with Crippen LogP contribution in [0.5, 0.6) is 0 Å². The number of methoxy groups -OCH3 is 1. The van der Waals surface area contributed by atoms with Crippen molar-refractivity contribution in [1.82, 2.24) is 15.0 Å². The topological polar surface area (TPSA) is 86.0 Å². The van der Waals surface area contributed by atoms with Crippen molar-refractivity contribution in [3.8, 4) is 11.5 Å². The van der Waals surface area contributed by atoms with Crippen molar-refractivity contribution in [3.63, 3.8) is 0 Å². The van der Waals surface area contributed by atoms with Crippen LogP contribution in [0.4, 0.5) is 5.82 Å². The van der Waals surface area contributed by atoms with E-state index in [2.05, 4.69) is 20.4 Å². The van der Waals surface area contributed by atoms with E-state index in [9.17, 15) is 0 Å². The van der Waals surface area contributed by atoms with Crippen molar-refractivity contribution in [3.05, 3.63) is 35.7 Å². The van der Waals surface area contributed by atoms with Gasteiger partial charge in [-0.05, 0) is 19.1 Å². The zero-order valence-electron chi connectivity index (χ0n) is 10.3. The minimum absolute atomic E-state index is 0.399. The molecule has 2 rings (SSSR count). The van der Waals surface area contributed by atoms with E-state index in [1.165, 1.54) is 0 Å². The quantitative estimate of drug-likeness (QED) is 0.623. The Labute approximate surface area is 105 Å². The van der Waals surface area contributed by atoms with Crippen molar-refractivity contribution in [2.45, 2.75) is 13.5 Å². The zero-order chi connectivity index (χ0) is 13.0. The number of aryl methyl sites for hydroxylation is 1. The summed E-state index contributed by atoms with van der Waals surface area (Å²) in [7, 11) is 1.61. The van der Waals surface area contributed by atoms with Crippen LogP contribution >= 0.6 is 0 Å². The zero-order valence-corrected chi connectivity index (χ0v) is 10.3. The fourth-order valence-corrected chi connectivity index (χ4v) is 1.58. The molecule has 0 aliphatic rings. The molecule has 0 amide bonds. The lowest BCUT2D eigenvalue weighted by molar-refractivity contribution is 0.181. The maximum atomic E-state index is 5.39. The number of pyridine rings is 1. The van der Waals surface area contributed by atoms with E-state index in [0.29, 0.717) is 23.9 Å². The Bertz CT molecular complexity index is 544. The van der Waals surface area contributed by atoms with E-state index < -0.39 is 0 Å². The van der Waals surface area contributed by atoms with Gasteiger partial charge in [-0.25, -0.2) is 20.8 Å². The number of nitrogen functional groups attached to an aromatic ring is 1. The highest BCUT2D eigenvalue weighted by Gasteiger charge is 2.07. The second kappa shape index (κ2) is 5.52. The third kappa shape index (κ3) is 2.79. The van der Waals surface area contributed by atoms with Crippen LogP contribution in [0.25, 0.3) is 11.5 Å². The van der Waals surface area contributed by atoms with Gasteiger partial charge in [0.25, 0.3) is 0 Å². The molecule has 18 heavy (non-hydrogen) atoms. The van der Waals surface area contributed by atoms with Crippen LogP contribution in [-0.2, 0) is 11.3 Å². The van der Waals surface area contributed by atoms with E-state index in [1.807, 2.05) is 25.1 Å². The lowest BCUT2D eigenvalue weighted by atomic mass is 10.3. The van der Waals surface area contributed by atoms with E-state index in [4.69, 9.17) is 10.6 Å². The monoisotopic (exact) mass is 245 g/mol. The van der Waals surface area contributed by atoms with Gasteiger partial charge in [-0.2, -0.15) is 0 Å². The highest BCUT2D eigenvalue weighted by molar-refractivity contribution is 5.53. The Morgan fingerprint density at radius 1 is 1.28 bits per heavy atom. The lowest BCUT2D eigenvalue weighted by Gasteiger charge is -2.07. The summed E-state index contributed by atoms with van der Waals surface area (Å²) in [5, 5.41) is 0. The Morgan fingerprint density at radius 2 is 2.11 bits per heavy atom. The fourth-order valence-electron chi connectivity index (χ4n) is 1.58. The summed E-state index contributed by atoms with van der Waals surface area (Å²) < 4.78 is 5.06. The maximum Gasteiger partial charge on any atom is 0.180 e. The molecule has 0 aliphatic heterocycles. The molecule has 6 nitrogen and oxygen atoms in total. The van der Waals surface area contributed by atoms with Gasteiger partial charge in [-0.3, -0.25) is 0 Å². The van der Waals surface area contributed by atoms with E-state index >= 15 is 0 Å². The molecule has 6 heteroatoms. The Hall–Kier alpha value is -2.05. The van der Waals surface area contributed by atoms with E-state index in [-0.39, 0.29) is 0 Å². The first kappa shape index (κ1) is 12.4. The number of nitrogens with one attached hydrogen (secondary N) is 1. The Balaban J connectivity index is 2.46. The van der Waals surface area contributed by atoms with Crippen molar-refractivity contribution in [2.75, 3.05) is 12.5 Å². The SMILES string of the molecule is COCc1cc(NN)nc(-c2cccc(C)n2)n1. The minimum atomic E-state index is 0.399. The van der Waals surface area contributed by atoms with E-state index in [1.54, 1.807) is 13.2 Å². The number of hydrogen-bond acceptors (Lipinski definition) is 6. The van der Waals surface area contributed by atoms with Crippen LogP contribution < -0.4 is 11.3 Å². The molecule has 0 aromatic carbocycles. The number of ether oxygens (including phenoxy) is 1. The second-order valence-corrected chi connectivity index (χ2v) is 3.81. The molecule has 0 saturated heterocycles. The third-order valence-corrected chi connectivity index (χ3v) is 2.34. The number of rotatable bonds is 4. The smallest absolute Gasteiger partial charge is 0.180 e. The average Bonchev–Trinajstić information content (AvgIpc) is 2.39. The molecule has 0 fully saturated rings. The van der Waals surface area contributed by atoms with E-state index in [0.717, 1.165) is 11.4 Å². The number of anilines is 1. The van der Waals surface area contributed by atoms with Gasteiger partial charge in [0.1, 0.15) is 11.5 Å². The standard InChI is InChI=1S/C12H15N5O/c1-8-4-3-5-10(14-8)12-15-9(7-18-2)6-11(16-12)17-13/h3-6H,7,13H2,1-2H3,(H,15,16,17). The van der Waals surface area contributed by atoms with Crippen LogP contribution in [0.1, 0.15) is 11.4 Å². The van der Waals surface area contributed by atoms with Gasteiger partial charge in [-0.1, -0.05) is 6.07 Å². The number of hydrogen-bond donors (Lipinski definition) is 2. The molecular weight excluding hydrogens is 230 g/mol. The first-order chi connectivity index (χ1) is 8.72. The van der Waals surface area contributed by atoms with Gasteiger partial charge < -0.3 is 10.2 Å². The molecule has 2 aromatic rings. The Morgan fingerprint density at radius 3 is 2.78 bits per heavy atom. The van der Waals surface area contributed by atoms with Gasteiger partial charge >= 0.3 is 0 Å². The molecule has 0 saturated carbocycles. The molecule has 0 aliphatic carbocycles. The number of nitrogens with zero attached hydrogens (tertiary/aromatic N) is 3. The van der Waals surface area contributed by atoms with Crippen molar-refractivity contribution < 1.29 is 4.74 Å². The summed E-state index contributed by atoms with van der Waals surface area (Å²) in [4.78, 5) is 13.1. The normalized spacial score (nSPS) is 10.4. The molecule has 94 valence electrons. The predicted molar refractivity (Wildman–Crippen MR) is 68.5 cm³/mol. The highest BCUT2D eigenvalue weighted by atomic mass is 16.5. The van der Waals surface area contributed by atoms with Crippen LogP contribution in [0.15, 0.2) is 24.3 Å². The van der Waals surface area contributed by atoms with Crippen molar-refractivity contribution >= 4 is 5.82 Å². The molecule has 2 aromatic heterocycles. The summed E-state index contributed by atoms with van der Waals surface area (Å²) >= 11 is 0. The largest absolute Gasteiger partial charge is 0.378 e.